The Morgan fingerprint density at radius 3 is 0.615 bits per heavy atom. The van der Waals surface area contributed by atoms with Crippen LogP contribution < -0.4 is 0 Å². The van der Waals surface area contributed by atoms with Crippen LogP contribution in [0.3, 0.4) is 0 Å². The predicted octanol–water partition coefficient (Wildman–Crippen LogP) is 11.1. The third-order valence-electron chi connectivity index (χ3n) is 5.37. The summed E-state index contributed by atoms with van der Waals surface area (Å²) in [5, 5.41) is 0. The van der Waals surface area contributed by atoms with Gasteiger partial charge in [-0.2, -0.15) is 0 Å². The molecule has 2 fully saturated rings. The Hall–Kier alpha value is 0. The van der Waals surface area contributed by atoms with E-state index < -0.39 is 0 Å². The topological polar surface area (TPSA) is 0 Å². The van der Waals surface area contributed by atoms with Crippen molar-refractivity contribution in [2.45, 2.75) is 161 Å². The van der Waals surface area contributed by atoms with E-state index in [0.29, 0.717) is 10.8 Å². The zero-order chi connectivity index (χ0) is 22.1. The predicted molar refractivity (Wildman–Crippen MR) is 130 cm³/mol. The minimum Gasteiger partial charge on any atom is -0.0683 e. The van der Waals surface area contributed by atoms with Gasteiger partial charge in [0.1, 0.15) is 0 Å². The number of hydrogen-bond acceptors (Lipinski definition) is 0. The molecule has 0 aromatic heterocycles. The minimum absolute atomic E-state index is 0.686. The molecule has 0 aromatic rings. The molecule has 2 saturated carbocycles. The zero-order valence-electron chi connectivity index (χ0n) is 22.1. The molecule has 2 aliphatic rings. The molecule has 0 heteroatoms. The molecule has 0 atom stereocenters. The van der Waals surface area contributed by atoms with Gasteiger partial charge in [0.05, 0.1) is 0 Å². The highest BCUT2D eigenvalue weighted by atomic mass is 14.5. The second kappa shape index (κ2) is 29.8. The van der Waals surface area contributed by atoms with Crippen molar-refractivity contribution in [1.29, 1.82) is 0 Å². The zero-order valence-corrected chi connectivity index (χ0v) is 22.1. The van der Waals surface area contributed by atoms with Gasteiger partial charge in [0.15, 0.2) is 0 Å². The van der Waals surface area contributed by atoms with Gasteiger partial charge < -0.3 is 0 Å². The van der Waals surface area contributed by atoms with Crippen molar-refractivity contribution >= 4 is 0 Å². The largest absolute Gasteiger partial charge is 0.0683 e. The summed E-state index contributed by atoms with van der Waals surface area (Å²) in [6.07, 6.45) is 15.0. The van der Waals surface area contributed by atoms with Crippen molar-refractivity contribution in [2.75, 3.05) is 0 Å². The Bertz CT molecular complexity index is 158. The first-order chi connectivity index (χ1) is 12.7. The molecule has 2 aliphatic carbocycles. The van der Waals surface area contributed by atoms with E-state index in [0.717, 1.165) is 0 Å². The molecular weight excluding hydrogens is 312 g/mol. The van der Waals surface area contributed by atoms with Gasteiger partial charge >= 0.3 is 0 Å². The molecule has 166 valence electrons. The lowest BCUT2D eigenvalue weighted by molar-refractivity contribution is -0.00381. The monoisotopic (exact) mass is 374 g/mol. The molecular formula is C26H62. The Labute approximate surface area is 172 Å². The second-order valence-corrected chi connectivity index (χ2v) is 6.24. The van der Waals surface area contributed by atoms with Crippen molar-refractivity contribution in [3.05, 3.63) is 0 Å². The van der Waals surface area contributed by atoms with E-state index in [-0.39, 0.29) is 0 Å². The van der Waals surface area contributed by atoms with E-state index in [1.807, 2.05) is 83.1 Å². The fourth-order valence-corrected chi connectivity index (χ4v) is 3.87. The molecule has 0 radical (unpaired) electrons. The van der Waals surface area contributed by atoms with E-state index in [1.54, 1.807) is 0 Å². The summed E-state index contributed by atoms with van der Waals surface area (Å²) in [5.41, 5.74) is 1.37. The van der Waals surface area contributed by atoms with Crippen molar-refractivity contribution in [3.8, 4) is 0 Å². The first kappa shape index (κ1) is 36.8. The molecule has 2 rings (SSSR count). The normalized spacial score (nSPS) is 18.2. The van der Waals surface area contributed by atoms with Crippen LogP contribution in [-0.4, -0.2) is 0 Å². The van der Waals surface area contributed by atoms with E-state index >= 15 is 0 Å². The number of rotatable bonds is 1. The molecule has 0 saturated heterocycles. The molecule has 0 N–H and O–H groups in total. The van der Waals surface area contributed by atoms with Gasteiger partial charge in [-0.15, -0.1) is 0 Å². The molecule has 0 aliphatic heterocycles. The smallest absolute Gasteiger partial charge is 0.0272 e. The van der Waals surface area contributed by atoms with Crippen LogP contribution in [-0.2, 0) is 0 Å². The van der Waals surface area contributed by atoms with Gasteiger partial charge in [0, 0.05) is 0 Å². The average Bonchev–Trinajstić information content (AvgIpc) is 2.78. The fourth-order valence-electron chi connectivity index (χ4n) is 3.87. The minimum atomic E-state index is 0.686. The van der Waals surface area contributed by atoms with Gasteiger partial charge in [0.25, 0.3) is 0 Å². The Morgan fingerprint density at radius 1 is 0.308 bits per heavy atom. The SMILES string of the molecule is CC.CC.CC.CC.CC.CC.CC1(C2(C)CCCCC2)CCCCC1. The van der Waals surface area contributed by atoms with Gasteiger partial charge in [-0.1, -0.05) is 135 Å². The van der Waals surface area contributed by atoms with Crippen LogP contribution in [0.25, 0.3) is 0 Å². The molecule has 0 unspecified atom stereocenters. The molecule has 0 nitrogen and oxygen atoms in total. The van der Waals surface area contributed by atoms with Crippen molar-refractivity contribution in [3.63, 3.8) is 0 Å². The third kappa shape index (κ3) is 15.1. The van der Waals surface area contributed by atoms with E-state index in [9.17, 15) is 0 Å². The summed E-state index contributed by atoms with van der Waals surface area (Å²) in [7, 11) is 0. The first-order valence-electron chi connectivity index (χ1n) is 12.7. The highest BCUT2D eigenvalue weighted by molar-refractivity contribution is 4.95. The Kier molecular flexibility index (Phi) is 42.2. The van der Waals surface area contributed by atoms with Crippen LogP contribution in [0.5, 0.6) is 0 Å². The summed E-state index contributed by atoms with van der Waals surface area (Å²) in [4.78, 5) is 0. The maximum absolute atomic E-state index is 2.58. The Balaban J connectivity index is -0.000000105. The molecule has 26 heavy (non-hydrogen) atoms. The van der Waals surface area contributed by atoms with E-state index in [2.05, 4.69) is 13.8 Å². The molecule has 0 amide bonds. The molecule has 0 spiro atoms. The average molecular weight is 375 g/mol. The maximum Gasteiger partial charge on any atom is -0.0272 e. The quantitative estimate of drug-likeness (QED) is 0.428. The van der Waals surface area contributed by atoms with Crippen LogP contribution in [0.4, 0.5) is 0 Å². The van der Waals surface area contributed by atoms with Crippen LogP contribution >= 0.6 is 0 Å². The molecule has 0 aromatic carbocycles. The van der Waals surface area contributed by atoms with Gasteiger partial charge in [-0.05, 0) is 36.5 Å². The summed E-state index contributed by atoms with van der Waals surface area (Å²) < 4.78 is 0. The summed E-state index contributed by atoms with van der Waals surface area (Å²) >= 11 is 0. The summed E-state index contributed by atoms with van der Waals surface area (Å²) in [6.45, 7) is 29.2. The summed E-state index contributed by atoms with van der Waals surface area (Å²) in [5.74, 6) is 0. The van der Waals surface area contributed by atoms with Crippen LogP contribution in [0.15, 0.2) is 0 Å². The maximum atomic E-state index is 2.58. The van der Waals surface area contributed by atoms with Crippen molar-refractivity contribution in [2.24, 2.45) is 10.8 Å². The molecule has 0 heterocycles. The standard InChI is InChI=1S/C14H26.6C2H6/c1-13(9-5-3-6-10-13)14(2)11-7-4-8-12-14;6*1-2/h3-12H2,1-2H3;6*1-2H3. The summed E-state index contributed by atoms with van der Waals surface area (Å²) in [6, 6.07) is 0. The Morgan fingerprint density at radius 2 is 0.462 bits per heavy atom. The third-order valence-corrected chi connectivity index (χ3v) is 5.37. The van der Waals surface area contributed by atoms with E-state index in [4.69, 9.17) is 0 Å². The van der Waals surface area contributed by atoms with Crippen molar-refractivity contribution < 1.29 is 0 Å². The van der Waals surface area contributed by atoms with Gasteiger partial charge in [0.2, 0.25) is 0 Å². The highest BCUT2D eigenvalue weighted by Gasteiger charge is 2.44. The van der Waals surface area contributed by atoms with Crippen LogP contribution in [0.1, 0.15) is 161 Å². The van der Waals surface area contributed by atoms with Gasteiger partial charge in [-0.25, -0.2) is 0 Å². The van der Waals surface area contributed by atoms with Gasteiger partial charge in [-0.3, -0.25) is 0 Å². The fraction of sp³-hybridized carbons (Fsp3) is 1.00. The molecule has 0 bridgehead atoms. The lowest BCUT2D eigenvalue weighted by atomic mass is 9.54. The first-order valence-corrected chi connectivity index (χ1v) is 12.7. The van der Waals surface area contributed by atoms with Crippen molar-refractivity contribution in [1.82, 2.24) is 0 Å². The lowest BCUT2D eigenvalue weighted by Crippen LogP contribution is -2.40. The van der Waals surface area contributed by atoms with E-state index in [1.165, 1.54) is 64.2 Å². The van der Waals surface area contributed by atoms with Crippen LogP contribution in [0, 0.1) is 10.8 Å². The lowest BCUT2D eigenvalue weighted by Gasteiger charge is -2.51. The highest BCUT2D eigenvalue weighted by Crippen LogP contribution is 2.56. The second-order valence-electron chi connectivity index (χ2n) is 6.24. The van der Waals surface area contributed by atoms with Crippen LogP contribution in [0.2, 0.25) is 0 Å². The number of hydrogen-bond donors (Lipinski definition) is 0.